The molecule has 3 aromatic rings. The molecule has 4 rings (SSSR count). The van der Waals surface area contributed by atoms with Crippen LogP contribution in [0.1, 0.15) is 12.0 Å². The van der Waals surface area contributed by atoms with Gasteiger partial charge < -0.3 is 4.90 Å². The van der Waals surface area contributed by atoms with Crippen LogP contribution in [0.5, 0.6) is 0 Å². The molecule has 0 bridgehead atoms. The van der Waals surface area contributed by atoms with E-state index in [4.69, 9.17) is 0 Å². The molecule has 0 N–H and O–H groups in total. The smallest absolute Gasteiger partial charge is 0.233 e. The van der Waals surface area contributed by atoms with Gasteiger partial charge in [-0.1, -0.05) is 60.3 Å². The van der Waals surface area contributed by atoms with Gasteiger partial charge in [-0.05, 0) is 34.5 Å². The first-order chi connectivity index (χ1) is 14.5. The fraction of sp³-hybridized carbons (Fsp3) is 0.300. The lowest BCUT2D eigenvalue weighted by Gasteiger charge is -2.28. The average Bonchev–Trinajstić information content (AvgIpc) is 3.37. The van der Waals surface area contributed by atoms with E-state index in [1.54, 1.807) is 9.58 Å². The van der Waals surface area contributed by atoms with Crippen molar-refractivity contribution >= 4 is 27.5 Å². The lowest BCUT2D eigenvalue weighted by Crippen LogP contribution is -2.41. The van der Waals surface area contributed by atoms with Gasteiger partial charge in [0, 0.05) is 12.6 Å². The predicted octanol–water partition coefficient (Wildman–Crippen LogP) is 1.97. The molecular weight excluding hydrogens is 422 g/mol. The Balaban J connectivity index is 1.49. The van der Waals surface area contributed by atoms with Gasteiger partial charge in [0.2, 0.25) is 11.1 Å². The maximum Gasteiger partial charge on any atom is 0.233 e. The molecule has 0 unspecified atom stereocenters. The van der Waals surface area contributed by atoms with Gasteiger partial charge in [-0.2, -0.15) is 4.68 Å². The topological polar surface area (TPSA) is 98.1 Å². The number of rotatable bonds is 7. The van der Waals surface area contributed by atoms with Gasteiger partial charge in [-0.25, -0.2) is 8.42 Å². The number of thioether (sulfide) groups is 1. The molecule has 0 spiro atoms. The largest absolute Gasteiger partial charge is 0.334 e. The number of para-hydroxylation sites is 1. The highest BCUT2D eigenvalue weighted by Gasteiger charge is 2.34. The SMILES string of the molecule is O=C(CSc1nnnn1-c1ccccc1)N(Cc1ccccc1)[C@H]1CCS(=O)(=O)C1. The average molecular weight is 444 g/mol. The van der Waals surface area contributed by atoms with E-state index >= 15 is 0 Å². The van der Waals surface area contributed by atoms with Gasteiger partial charge in [0.1, 0.15) is 0 Å². The number of benzene rings is 2. The lowest BCUT2D eigenvalue weighted by molar-refractivity contribution is -0.130. The van der Waals surface area contributed by atoms with Gasteiger partial charge in [0.15, 0.2) is 9.84 Å². The van der Waals surface area contributed by atoms with Crippen molar-refractivity contribution in [3.8, 4) is 5.69 Å². The molecule has 0 saturated carbocycles. The zero-order valence-electron chi connectivity index (χ0n) is 16.2. The molecule has 2 heterocycles. The van der Waals surface area contributed by atoms with E-state index in [1.165, 1.54) is 11.8 Å². The number of hydrogen-bond acceptors (Lipinski definition) is 7. The summed E-state index contributed by atoms with van der Waals surface area (Å²) in [5, 5.41) is 12.3. The molecule has 30 heavy (non-hydrogen) atoms. The molecule has 1 saturated heterocycles. The molecule has 0 aliphatic carbocycles. The highest BCUT2D eigenvalue weighted by Crippen LogP contribution is 2.23. The highest BCUT2D eigenvalue weighted by atomic mass is 32.2. The van der Waals surface area contributed by atoms with Crippen molar-refractivity contribution in [2.24, 2.45) is 0 Å². The van der Waals surface area contributed by atoms with Gasteiger partial charge in [0.25, 0.3) is 0 Å². The van der Waals surface area contributed by atoms with Crippen LogP contribution in [0.25, 0.3) is 5.69 Å². The predicted molar refractivity (Wildman–Crippen MR) is 114 cm³/mol. The van der Waals surface area contributed by atoms with Crippen molar-refractivity contribution in [1.82, 2.24) is 25.1 Å². The second-order valence-electron chi connectivity index (χ2n) is 7.06. The molecule has 0 radical (unpaired) electrons. The first-order valence-electron chi connectivity index (χ1n) is 9.52. The molecule has 1 aliphatic rings. The molecule has 8 nitrogen and oxygen atoms in total. The molecule has 10 heteroatoms. The number of amides is 1. The van der Waals surface area contributed by atoms with Crippen molar-refractivity contribution in [1.29, 1.82) is 0 Å². The number of hydrogen-bond donors (Lipinski definition) is 0. The van der Waals surface area contributed by atoms with Crippen LogP contribution in [0.2, 0.25) is 0 Å². The van der Waals surface area contributed by atoms with Crippen molar-refractivity contribution < 1.29 is 13.2 Å². The number of nitrogens with zero attached hydrogens (tertiary/aromatic N) is 5. The summed E-state index contributed by atoms with van der Waals surface area (Å²) in [6.07, 6.45) is 0.466. The third kappa shape index (κ3) is 4.88. The van der Waals surface area contributed by atoms with E-state index in [-0.39, 0.29) is 29.2 Å². The van der Waals surface area contributed by atoms with E-state index in [0.717, 1.165) is 11.3 Å². The minimum Gasteiger partial charge on any atom is -0.334 e. The monoisotopic (exact) mass is 443 g/mol. The van der Waals surface area contributed by atoms with E-state index in [2.05, 4.69) is 15.5 Å². The number of tetrazole rings is 1. The number of aromatic nitrogens is 4. The summed E-state index contributed by atoms with van der Waals surface area (Å²) in [7, 11) is -3.10. The zero-order chi connectivity index (χ0) is 21.0. The normalized spacial score (nSPS) is 17.7. The number of sulfone groups is 1. The summed E-state index contributed by atoms with van der Waals surface area (Å²) in [4.78, 5) is 14.8. The number of carbonyl (C=O) groups is 1. The Hall–Kier alpha value is -2.72. The fourth-order valence-electron chi connectivity index (χ4n) is 3.43. The summed E-state index contributed by atoms with van der Waals surface area (Å²) < 4.78 is 25.6. The summed E-state index contributed by atoms with van der Waals surface area (Å²) >= 11 is 1.24. The number of carbonyl (C=O) groups excluding carboxylic acids is 1. The van der Waals surface area contributed by atoms with Gasteiger partial charge in [0.05, 0.1) is 22.9 Å². The molecule has 1 atom stereocenters. The van der Waals surface area contributed by atoms with Crippen LogP contribution in [0.15, 0.2) is 65.8 Å². The second kappa shape index (κ2) is 8.97. The van der Waals surface area contributed by atoms with Crippen LogP contribution in [-0.2, 0) is 21.2 Å². The van der Waals surface area contributed by atoms with Crippen LogP contribution in [0.4, 0.5) is 0 Å². The van der Waals surface area contributed by atoms with Gasteiger partial charge in [-0.3, -0.25) is 4.79 Å². The molecule has 1 amide bonds. The van der Waals surface area contributed by atoms with Crippen LogP contribution in [-0.4, -0.2) is 62.7 Å². The van der Waals surface area contributed by atoms with Crippen LogP contribution >= 0.6 is 11.8 Å². The Bertz CT molecular complexity index is 1100. The molecule has 156 valence electrons. The maximum absolute atomic E-state index is 13.1. The van der Waals surface area contributed by atoms with Gasteiger partial charge >= 0.3 is 0 Å². The Morgan fingerprint density at radius 1 is 1.10 bits per heavy atom. The van der Waals surface area contributed by atoms with E-state index in [9.17, 15) is 13.2 Å². The molecule has 1 fully saturated rings. The van der Waals surface area contributed by atoms with Crippen LogP contribution in [0.3, 0.4) is 0 Å². The third-order valence-electron chi connectivity index (χ3n) is 4.93. The third-order valence-corrected chi connectivity index (χ3v) is 7.59. The van der Waals surface area contributed by atoms with Crippen molar-refractivity contribution in [3.05, 3.63) is 66.2 Å². The summed E-state index contributed by atoms with van der Waals surface area (Å²) in [6, 6.07) is 18.7. The minimum atomic E-state index is -3.10. The van der Waals surface area contributed by atoms with Crippen LogP contribution < -0.4 is 0 Å². The quantitative estimate of drug-likeness (QED) is 0.515. The van der Waals surface area contributed by atoms with Crippen molar-refractivity contribution in [2.75, 3.05) is 17.3 Å². The summed E-state index contributed by atoms with van der Waals surface area (Å²) in [6.45, 7) is 0.379. The lowest BCUT2D eigenvalue weighted by atomic mass is 10.1. The van der Waals surface area contributed by atoms with Crippen molar-refractivity contribution in [2.45, 2.75) is 24.2 Å². The van der Waals surface area contributed by atoms with Gasteiger partial charge in [-0.15, -0.1) is 5.10 Å². The van der Waals surface area contributed by atoms with E-state index in [0.29, 0.717) is 18.1 Å². The molecule has 1 aliphatic heterocycles. The summed E-state index contributed by atoms with van der Waals surface area (Å²) in [5.41, 5.74) is 1.77. The molecule has 2 aromatic carbocycles. The zero-order valence-corrected chi connectivity index (χ0v) is 17.8. The Kier molecular flexibility index (Phi) is 6.14. The standard InChI is InChI=1S/C20H21N5O3S2/c26-19(14-29-20-21-22-23-25(20)17-9-5-2-6-10-17)24(13-16-7-3-1-4-8-16)18-11-12-30(27,28)15-18/h1-10,18H,11-15H2/t18-/m0/s1. The second-order valence-corrected chi connectivity index (χ2v) is 10.2. The Labute approximate surface area is 179 Å². The molecule has 1 aromatic heterocycles. The first-order valence-corrected chi connectivity index (χ1v) is 12.3. The fourth-order valence-corrected chi connectivity index (χ4v) is 5.94. The van der Waals surface area contributed by atoms with Crippen LogP contribution in [0, 0.1) is 0 Å². The maximum atomic E-state index is 13.1. The highest BCUT2D eigenvalue weighted by molar-refractivity contribution is 7.99. The van der Waals surface area contributed by atoms with E-state index in [1.807, 2.05) is 60.7 Å². The Morgan fingerprint density at radius 3 is 2.47 bits per heavy atom. The first kappa shape index (κ1) is 20.5. The Morgan fingerprint density at radius 2 is 1.80 bits per heavy atom. The van der Waals surface area contributed by atoms with E-state index < -0.39 is 9.84 Å². The minimum absolute atomic E-state index is 0.0119. The molecular formula is C20H21N5O3S2. The summed E-state index contributed by atoms with van der Waals surface area (Å²) in [5.74, 6) is 0.123. The van der Waals surface area contributed by atoms with Crippen molar-refractivity contribution in [3.63, 3.8) is 0 Å².